The highest BCUT2D eigenvalue weighted by Crippen LogP contribution is 2.16. The van der Waals surface area contributed by atoms with Gasteiger partial charge in [-0.15, -0.1) is 0 Å². The Balaban J connectivity index is 1.68. The minimum atomic E-state index is 0.141. The maximum Gasteiger partial charge on any atom is 0.222 e. The molecular weight excluding hydrogens is 228 g/mol. The average Bonchev–Trinajstić information content (AvgIpc) is 2.40. The third kappa shape index (κ3) is 4.25. The van der Waals surface area contributed by atoms with Crippen molar-refractivity contribution in [3.63, 3.8) is 0 Å². The Labute approximate surface area is 110 Å². The van der Waals surface area contributed by atoms with Gasteiger partial charge >= 0.3 is 0 Å². The molecule has 2 fully saturated rings. The van der Waals surface area contributed by atoms with Crippen LogP contribution < -0.4 is 10.6 Å². The van der Waals surface area contributed by atoms with Crippen LogP contribution in [0.2, 0.25) is 0 Å². The van der Waals surface area contributed by atoms with E-state index in [9.17, 15) is 4.79 Å². The van der Waals surface area contributed by atoms with Crippen molar-refractivity contribution >= 4 is 5.91 Å². The predicted molar refractivity (Wildman–Crippen MR) is 71.5 cm³/mol. The van der Waals surface area contributed by atoms with Gasteiger partial charge in [-0.2, -0.15) is 0 Å². The molecule has 0 bridgehead atoms. The second kappa shape index (κ2) is 7.10. The molecule has 4 heteroatoms. The standard InChI is InChI=1S/C14H26N2O2/c1-11(13-7-2-4-8-15-13)16-14(17)10-12-6-3-5-9-18-12/h11-13,15H,2-10H2,1H3,(H,16,17). The second-order valence-electron chi connectivity index (χ2n) is 5.61. The molecule has 2 N–H and O–H groups in total. The van der Waals surface area contributed by atoms with Gasteiger partial charge in [0.1, 0.15) is 0 Å². The highest BCUT2D eigenvalue weighted by molar-refractivity contribution is 5.76. The topological polar surface area (TPSA) is 50.4 Å². The summed E-state index contributed by atoms with van der Waals surface area (Å²) in [5.74, 6) is 0.141. The number of rotatable bonds is 4. The van der Waals surface area contributed by atoms with Crippen LogP contribution in [0.5, 0.6) is 0 Å². The van der Waals surface area contributed by atoms with Crippen LogP contribution in [-0.2, 0) is 9.53 Å². The molecule has 2 saturated heterocycles. The summed E-state index contributed by atoms with van der Waals surface area (Å²) in [6.45, 7) is 4.00. The molecule has 3 unspecified atom stereocenters. The van der Waals surface area contributed by atoms with Gasteiger partial charge in [0.05, 0.1) is 12.5 Å². The number of ether oxygens (including phenoxy) is 1. The van der Waals surface area contributed by atoms with E-state index >= 15 is 0 Å². The first-order chi connectivity index (χ1) is 8.75. The Morgan fingerprint density at radius 3 is 2.83 bits per heavy atom. The van der Waals surface area contributed by atoms with Crippen molar-refractivity contribution in [3.05, 3.63) is 0 Å². The van der Waals surface area contributed by atoms with Crippen molar-refractivity contribution in [3.8, 4) is 0 Å². The van der Waals surface area contributed by atoms with Gasteiger partial charge in [0.2, 0.25) is 5.91 Å². The minimum Gasteiger partial charge on any atom is -0.378 e. The molecule has 2 rings (SSSR count). The van der Waals surface area contributed by atoms with E-state index in [4.69, 9.17) is 4.74 Å². The van der Waals surface area contributed by atoms with Crippen molar-refractivity contribution in [1.82, 2.24) is 10.6 Å². The van der Waals surface area contributed by atoms with Crippen LogP contribution in [0.1, 0.15) is 51.9 Å². The van der Waals surface area contributed by atoms with E-state index in [1.165, 1.54) is 25.7 Å². The van der Waals surface area contributed by atoms with Crippen molar-refractivity contribution < 1.29 is 9.53 Å². The van der Waals surface area contributed by atoms with E-state index in [2.05, 4.69) is 17.6 Å². The molecule has 0 radical (unpaired) electrons. The normalized spacial score (nSPS) is 30.7. The van der Waals surface area contributed by atoms with E-state index in [0.717, 1.165) is 26.0 Å². The van der Waals surface area contributed by atoms with Crippen LogP contribution in [0.25, 0.3) is 0 Å². The van der Waals surface area contributed by atoms with Gasteiger partial charge in [0.15, 0.2) is 0 Å². The predicted octanol–water partition coefficient (Wildman–Crippen LogP) is 1.59. The summed E-state index contributed by atoms with van der Waals surface area (Å²) < 4.78 is 5.60. The maximum atomic E-state index is 11.9. The maximum absolute atomic E-state index is 11.9. The number of carbonyl (C=O) groups is 1. The van der Waals surface area contributed by atoms with Gasteiger partial charge < -0.3 is 15.4 Å². The summed E-state index contributed by atoms with van der Waals surface area (Å²) in [6.07, 6.45) is 7.72. The minimum absolute atomic E-state index is 0.141. The fourth-order valence-corrected chi connectivity index (χ4v) is 2.89. The quantitative estimate of drug-likeness (QED) is 0.801. The van der Waals surface area contributed by atoms with E-state index in [1.807, 2.05) is 0 Å². The third-order valence-corrected chi connectivity index (χ3v) is 4.03. The molecule has 0 aromatic heterocycles. The van der Waals surface area contributed by atoms with Crippen LogP contribution in [0.3, 0.4) is 0 Å². The summed E-state index contributed by atoms with van der Waals surface area (Å²) in [7, 11) is 0. The first-order valence-electron chi connectivity index (χ1n) is 7.40. The lowest BCUT2D eigenvalue weighted by molar-refractivity contribution is -0.125. The second-order valence-corrected chi connectivity index (χ2v) is 5.61. The molecule has 2 heterocycles. The highest BCUT2D eigenvalue weighted by Gasteiger charge is 2.23. The zero-order valence-corrected chi connectivity index (χ0v) is 11.4. The number of carbonyl (C=O) groups excluding carboxylic acids is 1. The molecule has 2 aliphatic rings. The van der Waals surface area contributed by atoms with Crippen LogP contribution >= 0.6 is 0 Å². The lowest BCUT2D eigenvalue weighted by atomic mass is 9.98. The highest BCUT2D eigenvalue weighted by atomic mass is 16.5. The SMILES string of the molecule is CC(NC(=O)CC1CCCCO1)C1CCCCN1. The molecule has 18 heavy (non-hydrogen) atoms. The number of amides is 1. The Morgan fingerprint density at radius 2 is 2.17 bits per heavy atom. The van der Waals surface area contributed by atoms with Crippen LogP contribution in [0, 0.1) is 0 Å². The van der Waals surface area contributed by atoms with Crippen molar-refractivity contribution in [2.45, 2.75) is 70.1 Å². The molecule has 3 atom stereocenters. The van der Waals surface area contributed by atoms with Crippen LogP contribution in [0.4, 0.5) is 0 Å². The fourth-order valence-electron chi connectivity index (χ4n) is 2.89. The largest absolute Gasteiger partial charge is 0.378 e. The molecule has 104 valence electrons. The first-order valence-corrected chi connectivity index (χ1v) is 7.40. The summed E-state index contributed by atoms with van der Waals surface area (Å²) in [4.78, 5) is 11.9. The summed E-state index contributed by atoms with van der Waals surface area (Å²) >= 11 is 0. The van der Waals surface area contributed by atoms with Gasteiger partial charge in [-0.25, -0.2) is 0 Å². The summed E-state index contributed by atoms with van der Waals surface area (Å²) in [6, 6.07) is 0.663. The number of nitrogens with one attached hydrogen (secondary N) is 2. The van der Waals surface area contributed by atoms with E-state index in [1.54, 1.807) is 0 Å². The molecule has 0 spiro atoms. The number of piperidine rings is 1. The van der Waals surface area contributed by atoms with E-state index in [0.29, 0.717) is 12.5 Å². The Morgan fingerprint density at radius 1 is 1.33 bits per heavy atom. The zero-order chi connectivity index (χ0) is 12.8. The molecule has 0 saturated carbocycles. The third-order valence-electron chi connectivity index (χ3n) is 4.03. The zero-order valence-electron chi connectivity index (χ0n) is 11.4. The van der Waals surface area contributed by atoms with Crippen molar-refractivity contribution in [2.75, 3.05) is 13.2 Å². The molecule has 4 nitrogen and oxygen atoms in total. The Bertz CT molecular complexity index is 259. The molecular formula is C14H26N2O2. The molecule has 1 amide bonds. The van der Waals surface area contributed by atoms with Gasteiger partial charge in [-0.3, -0.25) is 4.79 Å². The van der Waals surface area contributed by atoms with Gasteiger partial charge in [-0.1, -0.05) is 6.42 Å². The van der Waals surface area contributed by atoms with Gasteiger partial charge in [0, 0.05) is 18.7 Å². The van der Waals surface area contributed by atoms with E-state index < -0.39 is 0 Å². The van der Waals surface area contributed by atoms with Crippen molar-refractivity contribution in [2.24, 2.45) is 0 Å². The molecule has 0 aromatic rings. The first kappa shape index (κ1) is 13.8. The number of hydrogen-bond donors (Lipinski definition) is 2. The molecule has 2 aliphatic heterocycles. The Hall–Kier alpha value is -0.610. The van der Waals surface area contributed by atoms with Crippen LogP contribution in [-0.4, -0.2) is 37.2 Å². The molecule has 0 aliphatic carbocycles. The average molecular weight is 254 g/mol. The lowest BCUT2D eigenvalue weighted by Gasteiger charge is -2.30. The van der Waals surface area contributed by atoms with Gasteiger partial charge in [0.25, 0.3) is 0 Å². The summed E-state index contributed by atoms with van der Waals surface area (Å²) in [5, 5.41) is 6.60. The van der Waals surface area contributed by atoms with Crippen molar-refractivity contribution in [1.29, 1.82) is 0 Å². The molecule has 0 aromatic carbocycles. The fraction of sp³-hybridized carbons (Fsp3) is 0.929. The van der Waals surface area contributed by atoms with E-state index in [-0.39, 0.29) is 18.1 Å². The van der Waals surface area contributed by atoms with Gasteiger partial charge in [-0.05, 0) is 45.6 Å². The summed E-state index contributed by atoms with van der Waals surface area (Å²) in [5.41, 5.74) is 0. The Kier molecular flexibility index (Phi) is 5.45. The lowest BCUT2D eigenvalue weighted by Crippen LogP contribution is -2.50. The smallest absolute Gasteiger partial charge is 0.222 e. The monoisotopic (exact) mass is 254 g/mol. The number of hydrogen-bond acceptors (Lipinski definition) is 3. The van der Waals surface area contributed by atoms with Crippen LogP contribution in [0.15, 0.2) is 0 Å².